The quantitative estimate of drug-likeness (QED) is 0.112. The van der Waals surface area contributed by atoms with Gasteiger partial charge >= 0.3 is 0 Å². The fraction of sp³-hybridized carbons (Fsp3) is 0.434. The number of anilines is 2. The summed E-state index contributed by atoms with van der Waals surface area (Å²) in [6.45, 7) is 23.4. The number of rotatable bonds is 11. The molecule has 0 N–H and O–H groups in total. The maximum Gasteiger partial charge on any atom is 0.209 e. The first-order valence-corrected chi connectivity index (χ1v) is 22.1. The maximum atomic E-state index is 2.61. The van der Waals surface area contributed by atoms with Crippen LogP contribution in [0.1, 0.15) is 102 Å². The predicted molar refractivity (Wildman–Crippen MR) is 244 cm³/mol. The van der Waals surface area contributed by atoms with Crippen LogP contribution in [-0.2, 0) is 5.41 Å². The highest BCUT2D eigenvalue weighted by atomic mass is 15.1. The molecule has 0 spiro atoms. The third-order valence-corrected chi connectivity index (χ3v) is 13.4. The summed E-state index contributed by atoms with van der Waals surface area (Å²) in [6, 6.07) is 36.6. The molecule has 4 heterocycles. The summed E-state index contributed by atoms with van der Waals surface area (Å²) in [5.41, 5.74) is 13.5. The average molecular weight is 759 g/mol. The number of piperidine rings is 2. The lowest BCUT2D eigenvalue weighted by Gasteiger charge is -2.36. The van der Waals surface area contributed by atoms with Crippen molar-refractivity contribution >= 4 is 46.3 Å². The molecule has 0 aromatic heterocycles. The minimum absolute atomic E-state index is 0.0645. The highest BCUT2D eigenvalue weighted by Crippen LogP contribution is 2.41. The van der Waals surface area contributed by atoms with Crippen molar-refractivity contribution in [2.45, 2.75) is 85.5 Å². The van der Waals surface area contributed by atoms with Gasteiger partial charge in [0.2, 0.25) is 11.4 Å². The first kappa shape index (κ1) is 39.1. The Hall–Kier alpha value is -4.70. The minimum atomic E-state index is -0.0645. The third-order valence-electron chi connectivity index (χ3n) is 13.4. The Bertz CT molecular complexity index is 2150. The molecule has 57 heavy (non-hydrogen) atoms. The smallest absolute Gasteiger partial charge is 0.209 e. The van der Waals surface area contributed by atoms with E-state index in [1.807, 2.05) is 0 Å². The Labute approximate surface area is 344 Å². The molecule has 4 aromatic rings. The van der Waals surface area contributed by atoms with Gasteiger partial charge in [-0.3, -0.25) is 0 Å². The SMILES string of the molecule is CC1CC(C)CN(c2ccc(/C=C/C3=[N+](CCCC[N+]4=C(/C=C/c5ccc(N6CC(C)CC(C)C6)cc5)C(C)(C)c5ccccc54)c4ccccc4C3C)cc2)C1. The van der Waals surface area contributed by atoms with E-state index < -0.39 is 0 Å². The van der Waals surface area contributed by atoms with Crippen molar-refractivity contribution < 1.29 is 9.15 Å². The van der Waals surface area contributed by atoms with Gasteiger partial charge in [0, 0.05) is 85.8 Å². The fourth-order valence-corrected chi connectivity index (χ4v) is 10.7. The molecule has 0 aliphatic carbocycles. The molecule has 0 saturated carbocycles. The van der Waals surface area contributed by atoms with E-state index in [0.717, 1.165) is 75.8 Å². The van der Waals surface area contributed by atoms with Crippen molar-refractivity contribution in [3.63, 3.8) is 0 Å². The zero-order valence-corrected chi connectivity index (χ0v) is 35.8. The third kappa shape index (κ3) is 8.34. The number of fused-ring (bicyclic) bond motifs is 2. The van der Waals surface area contributed by atoms with E-state index in [1.54, 1.807) is 0 Å². The van der Waals surface area contributed by atoms with Crippen LogP contribution in [0.5, 0.6) is 0 Å². The monoisotopic (exact) mass is 759 g/mol. The maximum absolute atomic E-state index is 2.61. The van der Waals surface area contributed by atoms with E-state index in [1.165, 1.54) is 69.3 Å². The molecule has 296 valence electrons. The van der Waals surface area contributed by atoms with Gasteiger partial charge in [0.05, 0.1) is 11.3 Å². The number of benzene rings is 4. The molecular weight excluding hydrogens is 693 g/mol. The molecule has 0 bridgehead atoms. The molecule has 0 radical (unpaired) electrons. The molecule has 4 aliphatic rings. The van der Waals surface area contributed by atoms with Gasteiger partial charge in [-0.15, -0.1) is 0 Å². The molecule has 5 atom stereocenters. The van der Waals surface area contributed by atoms with Crippen LogP contribution in [-0.4, -0.2) is 59.8 Å². The Morgan fingerprint density at radius 3 is 1.58 bits per heavy atom. The first-order valence-electron chi connectivity index (χ1n) is 22.1. The number of para-hydroxylation sites is 2. The highest BCUT2D eigenvalue weighted by Gasteiger charge is 2.44. The van der Waals surface area contributed by atoms with Gasteiger partial charge in [-0.1, -0.05) is 88.4 Å². The van der Waals surface area contributed by atoms with E-state index in [4.69, 9.17) is 0 Å². The van der Waals surface area contributed by atoms with Crippen LogP contribution in [0.25, 0.3) is 12.2 Å². The number of hydrogen-bond acceptors (Lipinski definition) is 2. The summed E-state index contributed by atoms with van der Waals surface area (Å²) < 4.78 is 5.21. The topological polar surface area (TPSA) is 12.5 Å². The van der Waals surface area contributed by atoms with E-state index in [9.17, 15) is 0 Å². The zero-order valence-electron chi connectivity index (χ0n) is 35.8. The molecule has 2 fully saturated rings. The lowest BCUT2D eigenvalue weighted by molar-refractivity contribution is -0.451. The Balaban J connectivity index is 0.984. The van der Waals surface area contributed by atoms with Gasteiger partial charge in [0.15, 0.2) is 11.4 Å². The average Bonchev–Trinajstić information content (AvgIpc) is 3.59. The van der Waals surface area contributed by atoms with E-state index in [2.05, 4.69) is 189 Å². The number of hydrogen-bond donors (Lipinski definition) is 0. The Morgan fingerprint density at radius 2 is 1.02 bits per heavy atom. The minimum Gasteiger partial charge on any atom is -0.371 e. The molecule has 0 amide bonds. The van der Waals surface area contributed by atoms with E-state index >= 15 is 0 Å². The Morgan fingerprint density at radius 1 is 0.544 bits per heavy atom. The van der Waals surface area contributed by atoms with Crippen LogP contribution in [0.3, 0.4) is 0 Å². The number of allylic oxidation sites excluding steroid dienone is 2. The summed E-state index contributed by atoms with van der Waals surface area (Å²) >= 11 is 0. The van der Waals surface area contributed by atoms with E-state index in [0.29, 0.717) is 5.92 Å². The fourth-order valence-electron chi connectivity index (χ4n) is 10.7. The normalized spacial score (nSPS) is 24.6. The molecule has 5 unspecified atom stereocenters. The van der Waals surface area contributed by atoms with Crippen molar-refractivity contribution in [2.75, 3.05) is 49.1 Å². The Kier molecular flexibility index (Phi) is 11.4. The first-order chi connectivity index (χ1) is 27.5. The van der Waals surface area contributed by atoms with E-state index in [-0.39, 0.29) is 5.41 Å². The van der Waals surface area contributed by atoms with Crippen LogP contribution in [0.2, 0.25) is 0 Å². The lowest BCUT2D eigenvalue weighted by atomic mass is 9.81. The standard InChI is InChI=1S/C53H66N4/c1-38-32-39(2)35-54(34-38)45-24-18-43(19-25-45)22-28-49-42(5)47-14-8-10-16-50(47)56(49)30-12-13-31-57-51-17-11-9-15-48(51)53(6,7)52(57)29-23-44-20-26-46(27-21-44)55-36-40(3)33-41(4)37-55/h8-11,14-29,38-42H,12-13,30-37H2,1-7H3/q+2. The van der Waals surface area contributed by atoms with Gasteiger partial charge in [0.25, 0.3) is 0 Å². The van der Waals surface area contributed by atoms with Crippen LogP contribution >= 0.6 is 0 Å². The van der Waals surface area contributed by atoms with Crippen molar-refractivity contribution in [3.05, 3.63) is 131 Å². The van der Waals surface area contributed by atoms with Crippen LogP contribution < -0.4 is 9.80 Å². The van der Waals surface area contributed by atoms with Crippen LogP contribution in [0, 0.1) is 23.7 Å². The van der Waals surface area contributed by atoms with Gasteiger partial charge in [-0.25, -0.2) is 0 Å². The van der Waals surface area contributed by atoms with Crippen molar-refractivity contribution in [1.29, 1.82) is 0 Å². The summed E-state index contributed by atoms with van der Waals surface area (Å²) in [6.07, 6.45) is 14.3. The molecular formula is C53H66N4+2. The second-order valence-electron chi connectivity index (χ2n) is 18.8. The summed E-state index contributed by atoms with van der Waals surface area (Å²) in [5, 5.41) is 0. The summed E-state index contributed by atoms with van der Waals surface area (Å²) in [4.78, 5) is 5.15. The molecule has 4 aliphatic heterocycles. The lowest BCUT2D eigenvalue weighted by Crippen LogP contribution is -2.38. The van der Waals surface area contributed by atoms with Crippen molar-refractivity contribution in [2.24, 2.45) is 23.7 Å². The largest absolute Gasteiger partial charge is 0.371 e. The molecule has 8 rings (SSSR count). The number of unbranched alkanes of at least 4 members (excludes halogenated alkanes) is 1. The molecule has 4 heteroatoms. The highest BCUT2D eigenvalue weighted by molar-refractivity contribution is 6.05. The number of nitrogens with zero attached hydrogens (tertiary/aromatic N) is 4. The van der Waals surface area contributed by atoms with Gasteiger partial charge in [-0.05, 0) is 105 Å². The van der Waals surface area contributed by atoms with Gasteiger partial charge in [0.1, 0.15) is 13.1 Å². The second-order valence-corrected chi connectivity index (χ2v) is 18.8. The molecule has 4 aromatic carbocycles. The summed E-state index contributed by atoms with van der Waals surface area (Å²) in [7, 11) is 0. The van der Waals surface area contributed by atoms with Gasteiger partial charge < -0.3 is 9.80 Å². The van der Waals surface area contributed by atoms with Gasteiger partial charge in [-0.2, -0.15) is 9.15 Å². The predicted octanol–water partition coefficient (Wildman–Crippen LogP) is 12.1. The molecule has 2 saturated heterocycles. The second kappa shape index (κ2) is 16.6. The zero-order chi connectivity index (χ0) is 39.7. The molecule has 4 nitrogen and oxygen atoms in total. The van der Waals surface area contributed by atoms with Crippen LogP contribution in [0.4, 0.5) is 22.7 Å². The van der Waals surface area contributed by atoms with Crippen molar-refractivity contribution in [3.8, 4) is 0 Å². The van der Waals surface area contributed by atoms with Crippen LogP contribution in [0.15, 0.2) is 109 Å². The summed E-state index contributed by atoms with van der Waals surface area (Å²) in [5.74, 6) is 3.37. The van der Waals surface area contributed by atoms with Crippen molar-refractivity contribution in [1.82, 2.24) is 0 Å².